The Kier molecular flexibility index (Phi) is 5.53. The molecule has 1 aromatic rings. The van der Waals surface area contributed by atoms with Crippen molar-refractivity contribution in [2.75, 3.05) is 13.2 Å². The fourth-order valence-electron chi connectivity index (χ4n) is 3.77. The SMILES string of the molecule is Cc1ccc(C(=O)COC(=O)CN2C(=O)[C@H]3CCCC[C@@H]3C2=O)cc1[N+](=O)[O-]. The van der Waals surface area contributed by atoms with E-state index < -0.39 is 29.8 Å². The molecule has 9 heteroatoms. The molecular weight excluding hydrogens is 368 g/mol. The zero-order valence-corrected chi connectivity index (χ0v) is 15.4. The Bertz CT molecular complexity index is 840. The van der Waals surface area contributed by atoms with Gasteiger partial charge in [-0.05, 0) is 19.8 Å². The molecule has 9 nitrogen and oxygen atoms in total. The molecular formula is C19H20N2O7. The number of nitro groups is 1. The minimum Gasteiger partial charge on any atom is -0.456 e. The van der Waals surface area contributed by atoms with Crippen LogP contribution in [0, 0.1) is 28.9 Å². The summed E-state index contributed by atoms with van der Waals surface area (Å²) in [6, 6.07) is 3.98. The molecule has 28 heavy (non-hydrogen) atoms. The van der Waals surface area contributed by atoms with E-state index in [0.717, 1.165) is 23.8 Å². The number of ether oxygens (including phenoxy) is 1. The number of Topliss-reactive ketones (excluding diaryl/α,β-unsaturated/α-hetero) is 1. The van der Waals surface area contributed by atoms with Gasteiger partial charge in [-0.1, -0.05) is 25.0 Å². The van der Waals surface area contributed by atoms with E-state index >= 15 is 0 Å². The van der Waals surface area contributed by atoms with Crippen molar-refractivity contribution >= 4 is 29.3 Å². The Hall–Kier alpha value is -3.10. The first-order chi connectivity index (χ1) is 13.3. The van der Waals surface area contributed by atoms with Gasteiger partial charge in [-0.15, -0.1) is 0 Å². The molecule has 0 bridgehead atoms. The van der Waals surface area contributed by atoms with Crippen LogP contribution >= 0.6 is 0 Å². The summed E-state index contributed by atoms with van der Waals surface area (Å²) in [6.07, 6.45) is 3.06. The van der Waals surface area contributed by atoms with Crippen molar-refractivity contribution in [3.8, 4) is 0 Å². The molecule has 0 radical (unpaired) electrons. The predicted molar refractivity (Wildman–Crippen MR) is 95.3 cm³/mol. The zero-order chi connectivity index (χ0) is 20.4. The van der Waals surface area contributed by atoms with Gasteiger partial charge < -0.3 is 4.74 Å². The van der Waals surface area contributed by atoms with E-state index in [0.29, 0.717) is 18.4 Å². The van der Waals surface area contributed by atoms with Crippen molar-refractivity contribution in [2.24, 2.45) is 11.8 Å². The first-order valence-corrected chi connectivity index (χ1v) is 9.08. The Morgan fingerprint density at radius 3 is 2.36 bits per heavy atom. The van der Waals surface area contributed by atoms with Crippen LogP contribution < -0.4 is 0 Å². The van der Waals surface area contributed by atoms with Gasteiger partial charge in [0.1, 0.15) is 6.54 Å². The molecule has 2 fully saturated rings. The minimum atomic E-state index is -0.865. The Morgan fingerprint density at radius 2 is 1.79 bits per heavy atom. The van der Waals surface area contributed by atoms with Crippen LogP contribution in [0.2, 0.25) is 0 Å². The number of nitro benzene ring substituents is 1. The van der Waals surface area contributed by atoms with Gasteiger partial charge in [0.15, 0.2) is 6.61 Å². The highest BCUT2D eigenvalue weighted by Gasteiger charge is 2.48. The molecule has 0 aromatic heterocycles. The summed E-state index contributed by atoms with van der Waals surface area (Å²) in [4.78, 5) is 60.2. The van der Waals surface area contributed by atoms with E-state index in [-0.39, 0.29) is 34.9 Å². The second-order valence-corrected chi connectivity index (χ2v) is 7.10. The molecule has 0 unspecified atom stereocenters. The number of nitrogens with zero attached hydrogens (tertiary/aromatic N) is 2. The molecule has 148 valence electrons. The molecule has 1 saturated heterocycles. The minimum absolute atomic E-state index is 0.0458. The number of hydrogen-bond acceptors (Lipinski definition) is 7. The second-order valence-electron chi connectivity index (χ2n) is 7.10. The standard InChI is InChI=1S/C19H20N2O7/c1-11-6-7-12(8-15(11)21(26)27)16(22)10-28-17(23)9-20-18(24)13-4-2-3-5-14(13)19(20)25/h6-8,13-14H,2-5,9-10H2,1H3/t13-,14-/m0/s1. The number of hydrogen-bond donors (Lipinski definition) is 0. The molecule has 1 aliphatic carbocycles. The van der Waals surface area contributed by atoms with Crippen LogP contribution in [-0.4, -0.2) is 46.5 Å². The third-order valence-electron chi connectivity index (χ3n) is 5.31. The van der Waals surface area contributed by atoms with Crippen molar-refractivity contribution in [2.45, 2.75) is 32.6 Å². The van der Waals surface area contributed by atoms with Crippen LogP contribution in [0.25, 0.3) is 0 Å². The van der Waals surface area contributed by atoms with E-state index in [4.69, 9.17) is 4.74 Å². The van der Waals surface area contributed by atoms with Crippen molar-refractivity contribution in [3.63, 3.8) is 0 Å². The molecule has 1 aliphatic heterocycles. The van der Waals surface area contributed by atoms with Crippen molar-refractivity contribution < 1.29 is 28.8 Å². The number of imide groups is 1. The van der Waals surface area contributed by atoms with E-state index in [2.05, 4.69) is 0 Å². The van der Waals surface area contributed by atoms with Crippen LogP contribution in [0.3, 0.4) is 0 Å². The Labute approximate surface area is 160 Å². The lowest BCUT2D eigenvalue weighted by atomic mass is 9.81. The van der Waals surface area contributed by atoms with Gasteiger partial charge >= 0.3 is 5.97 Å². The first kappa shape index (κ1) is 19.7. The second kappa shape index (κ2) is 7.87. The molecule has 2 atom stereocenters. The lowest BCUT2D eigenvalue weighted by Crippen LogP contribution is -2.37. The maximum Gasteiger partial charge on any atom is 0.326 e. The first-order valence-electron chi connectivity index (χ1n) is 9.08. The van der Waals surface area contributed by atoms with Crippen LogP contribution in [-0.2, 0) is 19.1 Å². The number of amides is 2. The maximum atomic E-state index is 12.3. The summed E-state index contributed by atoms with van der Waals surface area (Å²) in [5.74, 6) is -2.90. The third-order valence-corrected chi connectivity index (χ3v) is 5.31. The number of benzene rings is 1. The van der Waals surface area contributed by atoms with E-state index in [1.807, 2.05) is 0 Å². The molecule has 2 aliphatic rings. The van der Waals surface area contributed by atoms with Crippen LogP contribution in [0.15, 0.2) is 18.2 Å². The van der Waals surface area contributed by atoms with E-state index in [9.17, 15) is 29.3 Å². The number of ketones is 1. The van der Waals surface area contributed by atoms with Gasteiger partial charge in [0.05, 0.1) is 16.8 Å². The van der Waals surface area contributed by atoms with E-state index in [1.165, 1.54) is 12.1 Å². The van der Waals surface area contributed by atoms with Gasteiger partial charge in [-0.3, -0.25) is 34.2 Å². The Morgan fingerprint density at radius 1 is 1.18 bits per heavy atom. The highest BCUT2D eigenvalue weighted by atomic mass is 16.6. The average molecular weight is 388 g/mol. The number of aryl methyl sites for hydroxylation is 1. The summed E-state index contributed by atoms with van der Waals surface area (Å²) < 4.78 is 4.90. The molecule has 1 heterocycles. The lowest BCUT2D eigenvalue weighted by molar-refractivity contribution is -0.385. The number of esters is 1. The quantitative estimate of drug-likeness (QED) is 0.239. The maximum absolute atomic E-state index is 12.3. The third kappa shape index (κ3) is 3.78. The van der Waals surface area contributed by atoms with Gasteiger partial charge in [0.25, 0.3) is 5.69 Å². The van der Waals surface area contributed by atoms with Crippen LogP contribution in [0.1, 0.15) is 41.6 Å². The monoisotopic (exact) mass is 388 g/mol. The number of fused-ring (bicyclic) bond motifs is 1. The highest BCUT2D eigenvalue weighted by molar-refractivity contribution is 6.07. The van der Waals surface area contributed by atoms with Crippen molar-refractivity contribution in [1.82, 2.24) is 4.90 Å². The lowest BCUT2D eigenvalue weighted by Gasteiger charge is -2.19. The smallest absolute Gasteiger partial charge is 0.326 e. The average Bonchev–Trinajstić information content (AvgIpc) is 2.91. The van der Waals surface area contributed by atoms with Gasteiger partial charge in [-0.25, -0.2) is 0 Å². The summed E-state index contributed by atoms with van der Waals surface area (Å²) in [7, 11) is 0. The van der Waals surface area contributed by atoms with Crippen molar-refractivity contribution in [1.29, 1.82) is 0 Å². The molecule has 3 rings (SSSR count). The normalized spacial score (nSPS) is 21.4. The number of carbonyl (C=O) groups excluding carboxylic acids is 4. The summed E-state index contributed by atoms with van der Waals surface area (Å²) in [6.45, 7) is 0.405. The van der Waals surface area contributed by atoms with Gasteiger partial charge in [0, 0.05) is 17.2 Å². The van der Waals surface area contributed by atoms with E-state index in [1.54, 1.807) is 6.92 Å². The fourth-order valence-corrected chi connectivity index (χ4v) is 3.77. The molecule has 1 aromatic carbocycles. The highest BCUT2D eigenvalue weighted by Crippen LogP contribution is 2.37. The molecule has 0 spiro atoms. The van der Waals surface area contributed by atoms with Gasteiger partial charge in [-0.2, -0.15) is 0 Å². The number of rotatable bonds is 6. The number of likely N-dealkylation sites (tertiary alicyclic amines) is 1. The van der Waals surface area contributed by atoms with Crippen LogP contribution in [0.5, 0.6) is 0 Å². The van der Waals surface area contributed by atoms with Gasteiger partial charge in [0.2, 0.25) is 17.6 Å². The zero-order valence-electron chi connectivity index (χ0n) is 15.4. The topological polar surface area (TPSA) is 124 Å². The largest absolute Gasteiger partial charge is 0.456 e. The Balaban J connectivity index is 1.58. The molecule has 2 amide bonds. The number of carbonyl (C=O) groups is 4. The molecule has 0 N–H and O–H groups in total. The molecule has 1 saturated carbocycles. The predicted octanol–water partition coefficient (Wildman–Crippen LogP) is 1.80. The van der Waals surface area contributed by atoms with Crippen molar-refractivity contribution in [3.05, 3.63) is 39.4 Å². The summed E-state index contributed by atoms with van der Waals surface area (Å²) >= 11 is 0. The fraction of sp³-hybridized carbons (Fsp3) is 0.474. The summed E-state index contributed by atoms with van der Waals surface area (Å²) in [5, 5.41) is 11.0. The van der Waals surface area contributed by atoms with Crippen LogP contribution in [0.4, 0.5) is 5.69 Å². The summed E-state index contributed by atoms with van der Waals surface area (Å²) in [5.41, 5.74) is 0.253.